The number of hydrogen-bond donors (Lipinski definition) is 1. The summed E-state index contributed by atoms with van der Waals surface area (Å²) in [5.41, 5.74) is 1.84. The molecule has 0 unspecified atom stereocenters. The fourth-order valence-electron chi connectivity index (χ4n) is 3.11. The summed E-state index contributed by atoms with van der Waals surface area (Å²) >= 11 is 0. The molecule has 0 atom stereocenters. The zero-order valence-electron chi connectivity index (χ0n) is 13.5. The van der Waals surface area contributed by atoms with Crippen molar-refractivity contribution in [3.63, 3.8) is 0 Å². The molecule has 2 aliphatic rings. The first-order valence-corrected chi connectivity index (χ1v) is 8.57. The maximum Gasteiger partial charge on any atom is 0.251 e. The molecule has 0 aliphatic heterocycles. The molecule has 1 amide bonds. The van der Waals surface area contributed by atoms with Crippen LogP contribution in [0.1, 0.15) is 72.1 Å². The molecular weight excluding hydrogens is 288 g/mol. The van der Waals surface area contributed by atoms with E-state index >= 15 is 0 Å². The number of rotatable bonds is 6. The number of nitrogens with zero attached hydrogens (tertiary/aromatic N) is 3. The molecule has 5 heteroatoms. The molecule has 1 N–H and O–H groups in total. The molecule has 1 heterocycles. The van der Waals surface area contributed by atoms with Gasteiger partial charge in [0.1, 0.15) is 5.82 Å². The molecule has 2 aromatic rings. The van der Waals surface area contributed by atoms with Gasteiger partial charge >= 0.3 is 0 Å². The van der Waals surface area contributed by atoms with E-state index in [1.165, 1.54) is 25.7 Å². The van der Waals surface area contributed by atoms with Gasteiger partial charge < -0.3 is 9.88 Å². The van der Waals surface area contributed by atoms with Crippen LogP contribution in [0, 0.1) is 0 Å². The molecule has 1 aromatic heterocycles. The van der Waals surface area contributed by atoms with Crippen molar-refractivity contribution in [1.82, 2.24) is 20.1 Å². The zero-order chi connectivity index (χ0) is 15.8. The minimum atomic E-state index is -0.0271. The smallest absolute Gasteiger partial charge is 0.251 e. The Kier molecular flexibility index (Phi) is 3.63. The lowest BCUT2D eigenvalue weighted by Crippen LogP contribution is -2.25. The van der Waals surface area contributed by atoms with Crippen LogP contribution in [-0.4, -0.2) is 20.7 Å². The predicted molar refractivity (Wildman–Crippen MR) is 87.3 cm³/mol. The Morgan fingerprint density at radius 1 is 1.22 bits per heavy atom. The van der Waals surface area contributed by atoms with Crippen molar-refractivity contribution in [2.75, 3.05) is 0 Å². The van der Waals surface area contributed by atoms with Crippen LogP contribution in [0.15, 0.2) is 24.3 Å². The third-order valence-electron chi connectivity index (χ3n) is 4.70. The first-order chi connectivity index (χ1) is 11.3. The minimum Gasteiger partial charge on any atom is -0.345 e. The van der Waals surface area contributed by atoms with E-state index in [0.717, 1.165) is 29.2 Å². The van der Waals surface area contributed by atoms with Crippen molar-refractivity contribution in [2.24, 2.45) is 0 Å². The van der Waals surface area contributed by atoms with E-state index in [2.05, 4.69) is 27.0 Å². The maximum absolute atomic E-state index is 12.5. The molecule has 2 fully saturated rings. The first kappa shape index (κ1) is 14.4. The number of hydrogen-bond acceptors (Lipinski definition) is 3. The fourth-order valence-corrected chi connectivity index (χ4v) is 3.11. The molecule has 2 aliphatic carbocycles. The maximum atomic E-state index is 12.5. The third-order valence-corrected chi connectivity index (χ3v) is 4.70. The summed E-state index contributed by atoms with van der Waals surface area (Å²) in [6, 6.07) is 8.32. The molecule has 0 radical (unpaired) electrons. The fraction of sp³-hybridized carbons (Fsp3) is 0.500. The monoisotopic (exact) mass is 310 g/mol. The lowest BCUT2D eigenvalue weighted by atomic mass is 10.0. The van der Waals surface area contributed by atoms with Gasteiger partial charge in [-0.25, -0.2) is 0 Å². The van der Waals surface area contributed by atoms with Crippen LogP contribution < -0.4 is 5.32 Å². The molecule has 23 heavy (non-hydrogen) atoms. The summed E-state index contributed by atoms with van der Waals surface area (Å²) in [7, 11) is 0. The van der Waals surface area contributed by atoms with Gasteiger partial charge in [0, 0.05) is 17.5 Å². The third kappa shape index (κ3) is 2.87. The second kappa shape index (κ2) is 5.80. The Balaban J connectivity index is 1.50. The van der Waals surface area contributed by atoms with Crippen molar-refractivity contribution in [2.45, 2.75) is 57.5 Å². The van der Waals surface area contributed by atoms with E-state index in [1.54, 1.807) is 0 Å². The molecule has 120 valence electrons. The van der Waals surface area contributed by atoms with Gasteiger partial charge in [-0.1, -0.05) is 25.1 Å². The highest BCUT2D eigenvalue weighted by Crippen LogP contribution is 2.44. The topological polar surface area (TPSA) is 59.8 Å². The average Bonchev–Trinajstić information content (AvgIpc) is 3.51. The van der Waals surface area contributed by atoms with E-state index in [9.17, 15) is 4.79 Å². The van der Waals surface area contributed by atoms with E-state index in [1.807, 2.05) is 24.3 Å². The molecule has 5 nitrogen and oxygen atoms in total. The van der Waals surface area contributed by atoms with Gasteiger partial charge in [0.05, 0.1) is 6.54 Å². The number of carbonyl (C=O) groups excluding carboxylic acids is 1. The van der Waals surface area contributed by atoms with Crippen LogP contribution in [0.5, 0.6) is 0 Å². The van der Waals surface area contributed by atoms with E-state index in [4.69, 9.17) is 0 Å². The van der Waals surface area contributed by atoms with Gasteiger partial charge in [0.25, 0.3) is 5.91 Å². The summed E-state index contributed by atoms with van der Waals surface area (Å²) in [6.07, 6.45) is 5.71. The number of aryl methyl sites for hydroxylation is 1. The van der Waals surface area contributed by atoms with Gasteiger partial charge in [-0.2, -0.15) is 0 Å². The molecule has 1 aromatic carbocycles. The van der Waals surface area contributed by atoms with Crippen LogP contribution in [-0.2, 0) is 13.0 Å². The Bertz CT molecular complexity index is 728. The first-order valence-electron chi connectivity index (χ1n) is 8.57. The van der Waals surface area contributed by atoms with Gasteiger partial charge in [0.15, 0.2) is 5.82 Å². The lowest BCUT2D eigenvalue weighted by Gasteiger charge is -2.11. The standard InChI is InChI=1S/C18H22N4O/c1-2-12-5-3-4-6-15(12)18(23)19-11-16-20-21-17(13-7-8-13)22(16)14-9-10-14/h3-6,13-14H,2,7-11H2,1H3,(H,19,23). The molecule has 2 saturated carbocycles. The Labute approximate surface area is 136 Å². The van der Waals surface area contributed by atoms with Gasteiger partial charge in [-0.3, -0.25) is 4.79 Å². The highest BCUT2D eigenvalue weighted by molar-refractivity contribution is 5.95. The molecule has 0 saturated heterocycles. The van der Waals surface area contributed by atoms with Crippen molar-refractivity contribution >= 4 is 5.91 Å². The summed E-state index contributed by atoms with van der Waals surface area (Å²) in [4.78, 5) is 12.5. The van der Waals surface area contributed by atoms with Crippen LogP contribution in [0.2, 0.25) is 0 Å². The van der Waals surface area contributed by atoms with Gasteiger partial charge in [-0.15, -0.1) is 10.2 Å². The quantitative estimate of drug-likeness (QED) is 0.892. The second-order valence-electron chi connectivity index (χ2n) is 6.54. The number of nitrogens with one attached hydrogen (secondary N) is 1. The van der Waals surface area contributed by atoms with Crippen molar-refractivity contribution < 1.29 is 4.79 Å². The van der Waals surface area contributed by atoms with E-state index < -0.39 is 0 Å². The van der Waals surface area contributed by atoms with Gasteiger partial charge in [0.2, 0.25) is 0 Å². The SMILES string of the molecule is CCc1ccccc1C(=O)NCc1nnc(C2CC2)n1C1CC1. The number of carbonyl (C=O) groups is 1. The number of amides is 1. The summed E-state index contributed by atoms with van der Waals surface area (Å²) in [5, 5.41) is 11.8. The Morgan fingerprint density at radius 2 is 2.00 bits per heavy atom. The lowest BCUT2D eigenvalue weighted by molar-refractivity contribution is 0.0948. The summed E-state index contributed by atoms with van der Waals surface area (Å²) in [6.45, 7) is 2.52. The summed E-state index contributed by atoms with van der Waals surface area (Å²) < 4.78 is 2.28. The number of benzene rings is 1. The molecule has 0 spiro atoms. The second-order valence-corrected chi connectivity index (χ2v) is 6.54. The largest absolute Gasteiger partial charge is 0.345 e. The highest BCUT2D eigenvalue weighted by Gasteiger charge is 2.36. The molecule has 4 rings (SSSR count). The van der Waals surface area contributed by atoms with Gasteiger partial charge in [-0.05, 0) is 43.7 Å². The Morgan fingerprint density at radius 3 is 2.70 bits per heavy atom. The van der Waals surface area contributed by atoms with E-state index in [0.29, 0.717) is 18.5 Å². The number of aromatic nitrogens is 3. The highest BCUT2D eigenvalue weighted by atomic mass is 16.1. The summed E-state index contributed by atoms with van der Waals surface area (Å²) in [5.74, 6) is 2.59. The van der Waals surface area contributed by atoms with E-state index in [-0.39, 0.29) is 5.91 Å². The average molecular weight is 310 g/mol. The van der Waals surface area contributed by atoms with Crippen molar-refractivity contribution in [1.29, 1.82) is 0 Å². The van der Waals surface area contributed by atoms with Crippen LogP contribution in [0.3, 0.4) is 0 Å². The van der Waals surface area contributed by atoms with Crippen LogP contribution >= 0.6 is 0 Å². The van der Waals surface area contributed by atoms with Crippen molar-refractivity contribution in [3.05, 3.63) is 47.0 Å². The normalized spacial score (nSPS) is 17.3. The molecular formula is C18H22N4O. The zero-order valence-corrected chi connectivity index (χ0v) is 13.5. The van der Waals surface area contributed by atoms with Crippen LogP contribution in [0.25, 0.3) is 0 Å². The van der Waals surface area contributed by atoms with Crippen LogP contribution in [0.4, 0.5) is 0 Å². The minimum absolute atomic E-state index is 0.0271. The predicted octanol–water partition coefficient (Wildman–Crippen LogP) is 2.98. The van der Waals surface area contributed by atoms with Crippen molar-refractivity contribution in [3.8, 4) is 0 Å². The molecule has 0 bridgehead atoms. The Hall–Kier alpha value is -2.17.